The molecule has 2 heteroatoms. The molecule has 0 unspecified atom stereocenters. The van der Waals surface area contributed by atoms with Crippen LogP contribution in [0.25, 0.3) is 23.9 Å². The highest BCUT2D eigenvalue weighted by atomic mass is 16.1. The second-order valence-corrected chi connectivity index (χ2v) is 5.11. The largest absolute Gasteiger partial charge is 0.311 e. The summed E-state index contributed by atoms with van der Waals surface area (Å²) in [6.45, 7) is 8.14. The van der Waals surface area contributed by atoms with E-state index in [4.69, 9.17) is 0 Å². The number of benzene rings is 1. The predicted molar refractivity (Wildman–Crippen MR) is 81.2 cm³/mol. The normalized spacial score (nSPS) is 12.1. The molecule has 1 heterocycles. The summed E-state index contributed by atoms with van der Waals surface area (Å²) in [5, 5.41) is 1.49. The van der Waals surface area contributed by atoms with Crippen molar-refractivity contribution in [3.8, 4) is 11.3 Å². The molecular formula is C17H19NO. The summed E-state index contributed by atoms with van der Waals surface area (Å²) < 4.78 is 1.69. The van der Waals surface area contributed by atoms with E-state index in [1.165, 1.54) is 0 Å². The molecule has 0 atom stereocenters. The van der Waals surface area contributed by atoms with Crippen LogP contribution in [-0.4, -0.2) is 4.57 Å². The lowest BCUT2D eigenvalue weighted by Gasteiger charge is -2.09. The maximum absolute atomic E-state index is 12.4. The molecule has 0 saturated heterocycles. The summed E-state index contributed by atoms with van der Waals surface area (Å²) in [5.74, 6) is 0.329. The number of pyridine rings is 1. The standard InChI is InChI=1S/C17H19NO/c1-12(2)10-15-13(3)11-16(18(4)17(15)19)14-8-6-5-7-9-14/h5-12H,3H2,1-2,4H3/b15-10+. The SMILES string of the molecule is C=c1cc(-c2ccccc2)n(C)c(=O)/c1=C/C(C)C. The smallest absolute Gasteiger partial charge is 0.258 e. The van der Waals surface area contributed by atoms with Crippen molar-refractivity contribution in [1.82, 2.24) is 4.57 Å². The summed E-state index contributed by atoms with van der Waals surface area (Å²) in [4.78, 5) is 12.4. The van der Waals surface area contributed by atoms with Gasteiger partial charge in [0.25, 0.3) is 5.56 Å². The lowest BCUT2D eigenvalue weighted by molar-refractivity contribution is 0.841. The van der Waals surface area contributed by atoms with Crippen LogP contribution in [0.4, 0.5) is 0 Å². The van der Waals surface area contributed by atoms with Crippen molar-refractivity contribution in [2.24, 2.45) is 13.0 Å². The highest BCUT2D eigenvalue weighted by Crippen LogP contribution is 2.14. The molecule has 19 heavy (non-hydrogen) atoms. The van der Waals surface area contributed by atoms with Crippen LogP contribution >= 0.6 is 0 Å². The summed E-state index contributed by atoms with van der Waals surface area (Å²) in [6.07, 6.45) is 1.97. The Kier molecular flexibility index (Phi) is 3.70. The minimum absolute atomic E-state index is 0.0139. The van der Waals surface area contributed by atoms with E-state index >= 15 is 0 Å². The molecule has 0 amide bonds. The Morgan fingerprint density at radius 3 is 2.42 bits per heavy atom. The first kappa shape index (κ1) is 13.3. The fraction of sp³-hybridized carbons (Fsp3) is 0.235. The van der Waals surface area contributed by atoms with E-state index in [0.29, 0.717) is 11.1 Å². The molecule has 0 radical (unpaired) electrons. The Morgan fingerprint density at radius 2 is 1.84 bits per heavy atom. The number of hydrogen-bond donors (Lipinski definition) is 0. The van der Waals surface area contributed by atoms with Crippen molar-refractivity contribution in [3.05, 3.63) is 57.2 Å². The number of aromatic nitrogens is 1. The van der Waals surface area contributed by atoms with E-state index < -0.39 is 0 Å². The summed E-state index contributed by atoms with van der Waals surface area (Å²) in [7, 11) is 1.81. The van der Waals surface area contributed by atoms with Crippen LogP contribution in [0.5, 0.6) is 0 Å². The molecule has 1 aromatic heterocycles. The molecule has 0 spiro atoms. The topological polar surface area (TPSA) is 22.0 Å². The van der Waals surface area contributed by atoms with Crippen molar-refractivity contribution >= 4 is 12.7 Å². The van der Waals surface area contributed by atoms with E-state index in [2.05, 4.69) is 20.4 Å². The second kappa shape index (κ2) is 5.27. The first-order valence-electron chi connectivity index (χ1n) is 6.47. The highest BCUT2D eigenvalue weighted by molar-refractivity contribution is 5.59. The van der Waals surface area contributed by atoms with Crippen molar-refractivity contribution < 1.29 is 0 Å². The molecule has 1 aromatic carbocycles. The van der Waals surface area contributed by atoms with Gasteiger partial charge < -0.3 is 4.57 Å². The van der Waals surface area contributed by atoms with Gasteiger partial charge in [-0.05, 0) is 22.8 Å². The van der Waals surface area contributed by atoms with Gasteiger partial charge in [0.05, 0.1) is 5.69 Å². The van der Waals surface area contributed by atoms with Gasteiger partial charge in [0.1, 0.15) is 0 Å². The maximum atomic E-state index is 12.4. The predicted octanol–water partition coefficient (Wildman–Crippen LogP) is 1.90. The zero-order chi connectivity index (χ0) is 14.0. The van der Waals surface area contributed by atoms with Crippen molar-refractivity contribution in [3.63, 3.8) is 0 Å². The van der Waals surface area contributed by atoms with Crippen molar-refractivity contribution in [2.45, 2.75) is 13.8 Å². The molecule has 0 saturated carbocycles. The lowest BCUT2D eigenvalue weighted by atomic mass is 10.1. The van der Waals surface area contributed by atoms with Crippen LogP contribution < -0.4 is 16.0 Å². The number of hydrogen-bond acceptors (Lipinski definition) is 1. The molecule has 2 aromatic rings. The van der Waals surface area contributed by atoms with Crippen LogP contribution in [0, 0.1) is 5.92 Å². The van der Waals surface area contributed by atoms with Crippen LogP contribution in [0.3, 0.4) is 0 Å². The fourth-order valence-corrected chi connectivity index (χ4v) is 2.16. The van der Waals surface area contributed by atoms with Gasteiger partial charge in [-0.25, -0.2) is 0 Å². The molecule has 0 bridgehead atoms. The Balaban J connectivity index is 2.77. The molecular weight excluding hydrogens is 234 g/mol. The third kappa shape index (κ3) is 2.68. The third-order valence-corrected chi connectivity index (χ3v) is 3.12. The van der Waals surface area contributed by atoms with Crippen LogP contribution in [-0.2, 0) is 7.05 Å². The monoisotopic (exact) mass is 253 g/mol. The molecule has 2 rings (SSSR count). The van der Waals surface area contributed by atoms with Crippen LogP contribution in [0.2, 0.25) is 0 Å². The van der Waals surface area contributed by atoms with Crippen LogP contribution in [0.15, 0.2) is 41.2 Å². The zero-order valence-corrected chi connectivity index (χ0v) is 11.7. The Bertz CT molecular complexity index is 739. The first-order valence-corrected chi connectivity index (χ1v) is 6.47. The van der Waals surface area contributed by atoms with Gasteiger partial charge in [-0.15, -0.1) is 0 Å². The van der Waals surface area contributed by atoms with Crippen LogP contribution in [0.1, 0.15) is 13.8 Å². The van der Waals surface area contributed by atoms with E-state index in [1.54, 1.807) is 4.57 Å². The Morgan fingerprint density at radius 1 is 1.21 bits per heavy atom. The Labute approximate surface area is 113 Å². The van der Waals surface area contributed by atoms with Gasteiger partial charge in [-0.1, -0.05) is 56.8 Å². The number of nitrogens with zero attached hydrogens (tertiary/aromatic N) is 1. The summed E-state index contributed by atoms with van der Waals surface area (Å²) in [5.41, 5.74) is 1.94. The Hall–Kier alpha value is -2.09. The van der Waals surface area contributed by atoms with Gasteiger partial charge in [0.15, 0.2) is 0 Å². The number of rotatable bonds is 2. The van der Waals surface area contributed by atoms with E-state index in [1.807, 2.05) is 49.5 Å². The average Bonchev–Trinajstić information content (AvgIpc) is 2.39. The molecule has 0 fully saturated rings. The minimum atomic E-state index is 0.0139. The van der Waals surface area contributed by atoms with Crippen molar-refractivity contribution in [1.29, 1.82) is 0 Å². The minimum Gasteiger partial charge on any atom is -0.311 e. The second-order valence-electron chi connectivity index (χ2n) is 5.11. The molecule has 2 nitrogen and oxygen atoms in total. The highest BCUT2D eigenvalue weighted by Gasteiger charge is 2.05. The fourth-order valence-electron chi connectivity index (χ4n) is 2.16. The molecule has 98 valence electrons. The van der Waals surface area contributed by atoms with Gasteiger partial charge >= 0.3 is 0 Å². The summed E-state index contributed by atoms with van der Waals surface area (Å²) >= 11 is 0. The van der Waals surface area contributed by atoms with Gasteiger partial charge in [0.2, 0.25) is 0 Å². The first-order chi connectivity index (χ1) is 9.00. The van der Waals surface area contributed by atoms with Gasteiger partial charge in [0, 0.05) is 12.3 Å². The molecule has 0 aliphatic heterocycles. The van der Waals surface area contributed by atoms with Gasteiger partial charge in [-0.3, -0.25) is 4.79 Å². The van der Waals surface area contributed by atoms with E-state index in [0.717, 1.165) is 16.5 Å². The lowest BCUT2D eigenvalue weighted by Crippen LogP contribution is -2.44. The quantitative estimate of drug-likeness (QED) is 0.801. The van der Waals surface area contributed by atoms with Crippen molar-refractivity contribution in [2.75, 3.05) is 0 Å². The van der Waals surface area contributed by atoms with Gasteiger partial charge in [-0.2, -0.15) is 0 Å². The molecule has 0 N–H and O–H groups in total. The summed E-state index contributed by atoms with van der Waals surface area (Å²) in [6, 6.07) is 11.9. The molecule has 0 aliphatic rings. The van der Waals surface area contributed by atoms with E-state index in [9.17, 15) is 4.79 Å². The maximum Gasteiger partial charge on any atom is 0.258 e. The third-order valence-electron chi connectivity index (χ3n) is 3.12. The van der Waals surface area contributed by atoms with E-state index in [-0.39, 0.29) is 5.56 Å². The molecule has 0 aliphatic carbocycles. The average molecular weight is 253 g/mol. The zero-order valence-electron chi connectivity index (χ0n) is 11.7.